The van der Waals surface area contributed by atoms with Crippen LogP contribution in [0.15, 0.2) is 18.2 Å². The van der Waals surface area contributed by atoms with Crippen LogP contribution in [0.1, 0.15) is 39.2 Å². The van der Waals surface area contributed by atoms with Crippen molar-refractivity contribution in [3.8, 4) is 0 Å². The topological polar surface area (TPSA) is 62.8 Å². The molecule has 0 unspecified atom stereocenters. The van der Waals surface area contributed by atoms with Gasteiger partial charge in [0, 0.05) is 24.8 Å². The molecule has 1 saturated heterocycles. The van der Waals surface area contributed by atoms with E-state index in [4.69, 9.17) is 4.74 Å². The molecule has 0 radical (unpaired) electrons. The molecular formula is C18H26F3N3O3. The highest BCUT2D eigenvalue weighted by atomic mass is 19.4. The lowest BCUT2D eigenvalue weighted by Crippen LogP contribution is -2.44. The monoisotopic (exact) mass is 389 g/mol. The molecule has 0 bridgehead atoms. The van der Waals surface area contributed by atoms with E-state index in [1.807, 2.05) is 0 Å². The largest absolute Gasteiger partial charge is 0.444 e. The number of hydrogen-bond donors (Lipinski definition) is 2. The van der Waals surface area contributed by atoms with Gasteiger partial charge in [-0.1, -0.05) is 0 Å². The molecule has 2 N–H and O–H groups in total. The van der Waals surface area contributed by atoms with Crippen LogP contribution in [0.5, 0.6) is 0 Å². The lowest BCUT2D eigenvalue weighted by Gasteiger charge is -2.34. The summed E-state index contributed by atoms with van der Waals surface area (Å²) in [6.07, 6.45) is -3.62. The van der Waals surface area contributed by atoms with Gasteiger partial charge in [0.1, 0.15) is 5.60 Å². The number of anilines is 2. The molecule has 9 heteroatoms. The van der Waals surface area contributed by atoms with Crippen LogP contribution in [-0.2, 0) is 15.8 Å². The smallest absolute Gasteiger partial charge is 0.418 e. The molecule has 1 amide bonds. The van der Waals surface area contributed by atoms with E-state index in [9.17, 15) is 18.0 Å². The second-order valence-corrected chi connectivity index (χ2v) is 7.45. The molecule has 1 aliphatic heterocycles. The average Bonchev–Trinajstić information content (AvgIpc) is 2.54. The number of rotatable bonds is 4. The zero-order valence-electron chi connectivity index (χ0n) is 15.9. The summed E-state index contributed by atoms with van der Waals surface area (Å²) in [6, 6.07) is 3.93. The summed E-state index contributed by atoms with van der Waals surface area (Å²) in [4.78, 5) is 18.3. The Kier molecular flexibility index (Phi) is 6.46. The van der Waals surface area contributed by atoms with Crippen molar-refractivity contribution in [2.75, 3.05) is 31.0 Å². The van der Waals surface area contributed by atoms with Gasteiger partial charge in [-0.2, -0.15) is 13.2 Å². The van der Waals surface area contributed by atoms with E-state index in [2.05, 4.69) is 15.6 Å². The predicted molar refractivity (Wildman–Crippen MR) is 96.5 cm³/mol. The molecule has 152 valence electrons. The summed E-state index contributed by atoms with van der Waals surface area (Å²) in [5.41, 5.74) is 1.11. The van der Waals surface area contributed by atoms with E-state index >= 15 is 0 Å². The van der Waals surface area contributed by atoms with Crippen LogP contribution >= 0.6 is 0 Å². The highest BCUT2D eigenvalue weighted by molar-refractivity contribution is 5.68. The van der Waals surface area contributed by atoms with E-state index in [-0.39, 0.29) is 17.8 Å². The van der Waals surface area contributed by atoms with Crippen molar-refractivity contribution in [3.63, 3.8) is 0 Å². The van der Waals surface area contributed by atoms with Crippen molar-refractivity contribution in [2.24, 2.45) is 0 Å². The van der Waals surface area contributed by atoms with Gasteiger partial charge in [0.25, 0.3) is 0 Å². The molecule has 1 aromatic rings. The van der Waals surface area contributed by atoms with E-state index in [0.717, 1.165) is 6.07 Å². The minimum Gasteiger partial charge on any atom is -0.444 e. The molecular weight excluding hydrogens is 363 g/mol. The summed E-state index contributed by atoms with van der Waals surface area (Å²) in [5.74, 6) is 0. The van der Waals surface area contributed by atoms with Gasteiger partial charge >= 0.3 is 12.3 Å². The number of alkyl halides is 3. The number of nitrogens with zero attached hydrogens (tertiary/aromatic N) is 1. The molecule has 1 aliphatic rings. The summed E-state index contributed by atoms with van der Waals surface area (Å²) >= 11 is 0. The van der Waals surface area contributed by atoms with Gasteiger partial charge in [0.15, 0.2) is 0 Å². The van der Waals surface area contributed by atoms with Crippen molar-refractivity contribution in [2.45, 2.75) is 51.4 Å². The third kappa shape index (κ3) is 6.20. The van der Waals surface area contributed by atoms with Crippen LogP contribution in [0.2, 0.25) is 0 Å². The first-order valence-corrected chi connectivity index (χ1v) is 8.74. The van der Waals surface area contributed by atoms with Crippen LogP contribution in [0, 0.1) is 0 Å². The van der Waals surface area contributed by atoms with Gasteiger partial charge in [-0.15, -0.1) is 0 Å². The number of halogens is 3. The molecule has 2 rings (SSSR count). The molecule has 0 spiro atoms. The highest BCUT2D eigenvalue weighted by Crippen LogP contribution is 2.37. The number of carbonyl (C=O) groups is 1. The second kappa shape index (κ2) is 8.24. The standard InChI is InChI=1S/C18H26F3N3O3/c1-17(2,3)27-16(25)24-9-7-12(8-10-24)22-13-5-6-15(23-26-4)14(11-13)18(19,20)21/h5-6,11-12,22-23H,7-10H2,1-4H3. The average molecular weight is 389 g/mol. The van der Waals surface area contributed by atoms with Gasteiger partial charge < -0.3 is 15.0 Å². The van der Waals surface area contributed by atoms with E-state index in [0.29, 0.717) is 31.6 Å². The fourth-order valence-electron chi connectivity index (χ4n) is 2.84. The van der Waals surface area contributed by atoms with Gasteiger partial charge in [-0.05, 0) is 51.8 Å². The number of amides is 1. The molecule has 0 aliphatic carbocycles. The van der Waals surface area contributed by atoms with Gasteiger partial charge in [0.2, 0.25) is 0 Å². The summed E-state index contributed by atoms with van der Waals surface area (Å²) in [5, 5.41) is 3.12. The Hall–Kier alpha value is -2.16. The first kappa shape index (κ1) is 21.1. The number of ether oxygens (including phenoxy) is 1. The maximum Gasteiger partial charge on any atom is 0.418 e. The third-order valence-corrected chi connectivity index (χ3v) is 4.05. The fraction of sp³-hybridized carbons (Fsp3) is 0.611. The summed E-state index contributed by atoms with van der Waals surface area (Å²) in [7, 11) is 1.25. The van der Waals surface area contributed by atoms with Crippen LogP contribution in [0.4, 0.5) is 29.3 Å². The maximum absolute atomic E-state index is 13.2. The number of benzene rings is 1. The minimum atomic E-state index is -4.50. The van der Waals surface area contributed by atoms with Gasteiger partial charge in [-0.25, -0.2) is 4.79 Å². The molecule has 0 atom stereocenters. The fourth-order valence-corrected chi connectivity index (χ4v) is 2.84. The zero-order chi connectivity index (χ0) is 20.2. The molecule has 6 nitrogen and oxygen atoms in total. The van der Waals surface area contributed by atoms with E-state index in [1.54, 1.807) is 31.7 Å². The summed E-state index contributed by atoms with van der Waals surface area (Å²) in [6.45, 7) is 6.39. The van der Waals surface area contributed by atoms with Crippen molar-refractivity contribution >= 4 is 17.5 Å². The quantitative estimate of drug-likeness (QED) is 0.743. The Balaban J connectivity index is 1.98. The number of nitrogens with one attached hydrogen (secondary N) is 2. The Labute approximate surface area is 157 Å². The zero-order valence-corrected chi connectivity index (χ0v) is 15.9. The van der Waals surface area contributed by atoms with E-state index < -0.39 is 17.3 Å². The minimum absolute atomic E-state index is 0.0222. The van der Waals surface area contributed by atoms with Crippen LogP contribution in [-0.4, -0.2) is 42.8 Å². The molecule has 1 aromatic carbocycles. The highest BCUT2D eigenvalue weighted by Gasteiger charge is 2.34. The van der Waals surface area contributed by atoms with Crippen LogP contribution in [0.25, 0.3) is 0 Å². The SMILES string of the molecule is CONc1ccc(NC2CCN(C(=O)OC(C)(C)C)CC2)cc1C(F)(F)F. The Bertz CT molecular complexity index is 651. The molecule has 1 fully saturated rings. The van der Waals surface area contributed by atoms with Crippen LogP contribution < -0.4 is 10.8 Å². The normalized spacial score (nSPS) is 16.2. The van der Waals surface area contributed by atoms with Crippen molar-refractivity contribution < 1.29 is 27.5 Å². The predicted octanol–water partition coefficient (Wildman–Crippen LogP) is 4.49. The van der Waals surface area contributed by atoms with Crippen molar-refractivity contribution in [3.05, 3.63) is 23.8 Å². The molecule has 0 aromatic heterocycles. The Morgan fingerprint density at radius 1 is 1.19 bits per heavy atom. The lowest BCUT2D eigenvalue weighted by molar-refractivity contribution is -0.137. The molecule has 0 saturated carbocycles. The number of hydrogen-bond acceptors (Lipinski definition) is 5. The van der Waals surface area contributed by atoms with E-state index in [1.165, 1.54) is 13.2 Å². The second-order valence-electron chi connectivity index (χ2n) is 7.45. The lowest BCUT2D eigenvalue weighted by atomic mass is 10.0. The maximum atomic E-state index is 13.2. The first-order valence-electron chi connectivity index (χ1n) is 8.74. The van der Waals surface area contributed by atoms with Crippen LogP contribution in [0.3, 0.4) is 0 Å². The number of piperidine rings is 1. The van der Waals surface area contributed by atoms with Gasteiger partial charge in [-0.3, -0.25) is 10.3 Å². The molecule has 27 heavy (non-hydrogen) atoms. The Morgan fingerprint density at radius 2 is 1.81 bits per heavy atom. The first-order chi connectivity index (χ1) is 12.5. The molecule has 1 heterocycles. The number of likely N-dealkylation sites (tertiary alicyclic amines) is 1. The third-order valence-electron chi connectivity index (χ3n) is 4.05. The number of carbonyl (C=O) groups excluding carboxylic acids is 1. The van der Waals surface area contributed by atoms with Crippen molar-refractivity contribution in [1.82, 2.24) is 4.90 Å². The Morgan fingerprint density at radius 3 is 2.33 bits per heavy atom. The van der Waals surface area contributed by atoms with Crippen molar-refractivity contribution in [1.29, 1.82) is 0 Å². The summed E-state index contributed by atoms with van der Waals surface area (Å²) < 4.78 is 45.0. The van der Waals surface area contributed by atoms with Gasteiger partial charge in [0.05, 0.1) is 18.4 Å².